The van der Waals surface area contributed by atoms with Gasteiger partial charge in [0.15, 0.2) is 11.5 Å². The Morgan fingerprint density at radius 3 is 2.43 bits per heavy atom. The van der Waals surface area contributed by atoms with E-state index in [1.54, 1.807) is 21.1 Å². The Morgan fingerprint density at radius 1 is 1.19 bits per heavy atom. The number of carbonyl (C=O) groups excluding carboxylic acids is 1. The lowest BCUT2D eigenvalue weighted by Gasteiger charge is -2.19. The quantitative estimate of drug-likeness (QED) is 0.745. The molecule has 5 heteroatoms. The van der Waals surface area contributed by atoms with Gasteiger partial charge in [-0.05, 0) is 44.9 Å². The third kappa shape index (κ3) is 5.27. The summed E-state index contributed by atoms with van der Waals surface area (Å²) in [6, 6.07) is 5.65. The largest absolute Gasteiger partial charge is 0.493 e. The van der Waals surface area contributed by atoms with Crippen molar-refractivity contribution in [2.75, 3.05) is 20.8 Å². The Kier molecular flexibility index (Phi) is 7.02. The first-order valence-electron chi connectivity index (χ1n) is 7.15. The zero-order chi connectivity index (χ0) is 15.8. The van der Waals surface area contributed by atoms with E-state index in [0.717, 1.165) is 12.0 Å². The first kappa shape index (κ1) is 17.3. The van der Waals surface area contributed by atoms with Crippen molar-refractivity contribution >= 4 is 5.97 Å². The zero-order valence-corrected chi connectivity index (χ0v) is 13.4. The lowest BCUT2D eigenvalue weighted by atomic mass is 10.1. The average Bonchev–Trinajstić information content (AvgIpc) is 2.47. The molecular weight excluding hydrogens is 270 g/mol. The maximum Gasteiger partial charge on any atom is 0.322 e. The zero-order valence-electron chi connectivity index (χ0n) is 13.4. The highest BCUT2D eigenvalue weighted by Gasteiger charge is 2.16. The maximum atomic E-state index is 11.6. The minimum absolute atomic E-state index is 0.141. The van der Waals surface area contributed by atoms with Crippen LogP contribution < -0.4 is 14.8 Å². The van der Waals surface area contributed by atoms with Crippen LogP contribution in [-0.4, -0.2) is 38.9 Å². The third-order valence-corrected chi connectivity index (χ3v) is 3.16. The Morgan fingerprint density at radius 2 is 1.86 bits per heavy atom. The summed E-state index contributed by atoms with van der Waals surface area (Å²) in [7, 11) is 3.23. The van der Waals surface area contributed by atoms with Gasteiger partial charge >= 0.3 is 5.97 Å². The predicted octanol–water partition coefficient (Wildman–Crippen LogP) is 2.18. The minimum Gasteiger partial charge on any atom is -0.493 e. The molecule has 21 heavy (non-hydrogen) atoms. The first-order chi connectivity index (χ1) is 10.0. The van der Waals surface area contributed by atoms with E-state index < -0.39 is 0 Å². The molecule has 1 N–H and O–H groups in total. The van der Waals surface area contributed by atoms with Gasteiger partial charge in [0.1, 0.15) is 6.04 Å². The van der Waals surface area contributed by atoms with Crippen molar-refractivity contribution < 1.29 is 19.0 Å². The second-order valence-electron chi connectivity index (χ2n) is 4.93. The first-order valence-corrected chi connectivity index (χ1v) is 7.15. The molecule has 2 unspecified atom stereocenters. The fourth-order valence-electron chi connectivity index (χ4n) is 2.18. The molecule has 5 nitrogen and oxygen atoms in total. The monoisotopic (exact) mass is 295 g/mol. The topological polar surface area (TPSA) is 56.8 Å². The van der Waals surface area contributed by atoms with Gasteiger partial charge in [0, 0.05) is 6.04 Å². The fraction of sp³-hybridized carbons (Fsp3) is 0.562. The lowest BCUT2D eigenvalue weighted by Crippen LogP contribution is -2.41. The van der Waals surface area contributed by atoms with E-state index in [1.807, 2.05) is 32.0 Å². The van der Waals surface area contributed by atoms with E-state index in [1.165, 1.54) is 0 Å². The molecule has 1 aromatic carbocycles. The molecule has 0 saturated carbocycles. The van der Waals surface area contributed by atoms with Crippen molar-refractivity contribution in [3.05, 3.63) is 23.8 Å². The number of esters is 1. The summed E-state index contributed by atoms with van der Waals surface area (Å²) < 4.78 is 15.5. The van der Waals surface area contributed by atoms with Crippen molar-refractivity contribution in [2.24, 2.45) is 0 Å². The van der Waals surface area contributed by atoms with E-state index >= 15 is 0 Å². The van der Waals surface area contributed by atoms with Gasteiger partial charge < -0.3 is 19.5 Å². The van der Waals surface area contributed by atoms with Crippen LogP contribution in [0.2, 0.25) is 0 Å². The molecule has 0 aliphatic rings. The number of ether oxygens (including phenoxy) is 3. The van der Waals surface area contributed by atoms with Gasteiger partial charge in [-0.25, -0.2) is 0 Å². The van der Waals surface area contributed by atoms with Gasteiger partial charge in [-0.15, -0.1) is 0 Å². The van der Waals surface area contributed by atoms with E-state index in [4.69, 9.17) is 14.2 Å². The number of hydrogen-bond acceptors (Lipinski definition) is 5. The Hall–Kier alpha value is -1.75. The summed E-state index contributed by atoms with van der Waals surface area (Å²) in [5.41, 5.74) is 1.11. The van der Waals surface area contributed by atoms with Crippen LogP contribution in [0.5, 0.6) is 11.5 Å². The lowest BCUT2D eigenvalue weighted by molar-refractivity contribution is -0.145. The highest BCUT2D eigenvalue weighted by molar-refractivity contribution is 5.75. The second kappa shape index (κ2) is 8.52. The molecule has 1 aromatic rings. The van der Waals surface area contributed by atoms with Crippen LogP contribution in [0, 0.1) is 0 Å². The smallest absolute Gasteiger partial charge is 0.322 e. The van der Waals surface area contributed by atoms with E-state index in [9.17, 15) is 4.79 Å². The average molecular weight is 295 g/mol. The SMILES string of the molecule is CCOC(=O)C(C)NC(C)Cc1ccc(OC)c(OC)c1. The van der Waals surface area contributed by atoms with Crippen molar-refractivity contribution in [2.45, 2.75) is 39.3 Å². The Labute approximate surface area is 126 Å². The summed E-state index contributed by atoms with van der Waals surface area (Å²) in [5.74, 6) is 1.19. The van der Waals surface area contributed by atoms with Crippen LogP contribution in [0.1, 0.15) is 26.3 Å². The van der Waals surface area contributed by atoms with Gasteiger partial charge in [-0.3, -0.25) is 4.79 Å². The summed E-state index contributed by atoms with van der Waals surface area (Å²) in [6.45, 7) is 6.04. The van der Waals surface area contributed by atoms with Crippen molar-refractivity contribution in [3.63, 3.8) is 0 Å². The molecule has 0 radical (unpaired) electrons. The molecular formula is C16H25NO4. The van der Waals surface area contributed by atoms with Crippen LogP contribution in [0.25, 0.3) is 0 Å². The molecule has 0 heterocycles. The molecule has 2 atom stereocenters. The van der Waals surface area contributed by atoms with Crippen molar-refractivity contribution in [1.29, 1.82) is 0 Å². The number of hydrogen-bond donors (Lipinski definition) is 1. The summed E-state index contributed by atoms with van der Waals surface area (Å²) >= 11 is 0. The van der Waals surface area contributed by atoms with Crippen LogP contribution in [0.4, 0.5) is 0 Å². The highest BCUT2D eigenvalue weighted by Crippen LogP contribution is 2.27. The number of nitrogens with one attached hydrogen (secondary N) is 1. The number of rotatable bonds is 8. The predicted molar refractivity (Wildman–Crippen MR) is 81.9 cm³/mol. The van der Waals surface area contributed by atoms with Crippen LogP contribution in [-0.2, 0) is 16.0 Å². The number of carbonyl (C=O) groups is 1. The van der Waals surface area contributed by atoms with Crippen LogP contribution in [0.3, 0.4) is 0 Å². The van der Waals surface area contributed by atoms with Crippen molar-refractivity contribution in [1.82, 2.24) is 5.32 Å². The highest BCUT2D eigenvalue weighted by atomic mass is 16.5. The molecule has 118 valence electrons. The Bertz CT molecular complexity index is 462. The third-order valence-electron chi connectivity index (χ3n) is 3.16. The standard InChI is InChI=1S/C16H25NO4/c1-6-21-16(18)12(3)17-11(2)9-13-7-8-14(19-4)15(10-13)20-5/h7-8,10-12,17H,6,9H2,1-5H3. The summed E-state index contributed by atoms with van der Waals surface area (Å²) in [6.07, 6.45) is 0.782. The molecule has 0 spiro atoms. The second-order valence-corrected chi connectivity index (χ2v) is 4.93. The van der Waals surface area contributed by atoms with E-state index in [-0.39, 0.29) is 18.1 Å². The molecule has 0 saturated heterocycles. The molecule has 0 aliphatic carbocycles. The molecule has 0 bridgehead atoms. The molecule has 0 amide bonds. The fourth-order valence-corrected chi connectivity index (χ4v) is 2.18. The Balaban J connectivity index is 2.62. The summed E-state index contributed by atoms with van der Waals surface area (Å²) in [5, 5.41) is 3.23. The molecule has 0 aromatic heterocycles. The van der Waals surface area contributed by atoms with E-state index in [0.29, 0.717) is 18.1 Å². The molecule has 0 fully saturated rings. The van der Waals surface area contributed by atoms with Crippen LogP contribution in [0.15, 0.2) is 18.2 Å². The number of methoxy groups -OCH3 is 2. The van der Waals surface area contributed by atoms with Crippen LogP contribution >= 0.6 is 0 Å². The summed E-state index contributed by atoms with van der Waals surface area (Å²) in [4.78, 5) is 11.6. The number of benzene rings is 1. The normalized spacial score (nSPS) is 13.4. The van der Waals surface area contributed by atoms with Crippen molar-refractivity contribution in [3.8, 4) is 11.5 Å². The van der Waals surface area contributed by atoms with Gasteiger partial charge in [-0.2, -0.15) is 0 Å². The van der Waals surface area contributed by atoms with Gasteiger partial charge in [0.2, 0.25) is 0 Å². The van der Waals surface area contributed by atoms with Gasteiger partial charge in [0.05, 0.1) is 20.8 Å². The minimum atomic E-state index is -0.319. The van der Waals surface area contributed by atoms with Gasteiger partial charge in [-0.1, -0.05) is 6.07 Å². The van der Waals surface area contributed by atoms with E-state index in [2.05, 4.69) is 5.32 Å². The molecule has 0 aliphatic heterocycles. The van der Waals surface area contributed by atoms with Gasteiger partial charge in [0.25, 0.3) is 0 Å². The maximum absolute atomic E-state index is 11.6. The molecule has 1 rings (SSSR count).